The van der Waals surface area contributed by atoms with Gasteiger partial charge in [0.2, 0.25) is 0 Å². The van der Waals surface area contributed by atoms with Crippen molar-refractivity contribution in [1.82, 2.24) is 0 Å². The summed E-state index contributed by atoms with van der Waals surface area (Å²) in [7, 11) is 0. The van der Waals surface area contributed by atoms with Gasteiger partial charge < -0.3 is 14.2 Å². The van der Waals surface area contributed by atoms with Gasteiger partial charge >= 0.3 is 17.9 Å². The minimum absolute atomic E-state index is 0.128. The van der Waals surface area contributed by atoms with Crippen molar-refractivity contribution >= 4 is 17.9 Å². The Bertz CT molecular complexity index is 985. The van der Waals surface area contributed by atoms with E-state index in [-0.39, 0.29) is 19.3 Å². The number of esters is 3. The fourth-order valence-electron chi connectivity index (χ4n) is 6.39. The minimum atomic E-state index is -3.49. The summed E-state index contributed by atoms with van der Waals surface area (Å²) in [5.74, 6) is -2.96. The first kappa shape index (κ1) is 42.3. The first-order chi connectivity index (χ1) is 27.9. The van der Waals surface area contributed by atoms with Gasteiger partial charge in [0, 0.05) is 19.3 Å². The van der Waals surface area contributed by atoms with Crippen molar-refractivity contribution in [2.45, 2.75) is 258 Å². The quantitative estimate of drug-likeness (QED) is 0.0267. The van der Waals surface area contributed by atoms with Crippen molar-refractivity contribution < 1.29 is 35.4 Å². The molecule has 0 aliphatic rings. The van der Waals surface area contributed by atoms with Gasteiger partial charge in [0.15, 0.2) is 6.08 Å². The van der Waals surface area contributed by atoms with Crippen molar-refractivity contribution in [2.75, 3.05) is 13.1 Å². The molecule has 0 unspecified atom stereocenters. The Hall–Kier alpha value is -1.85. The molecule has 0 fully saturated rings. The van der Waals surface area contributed by atoms with Crippen molar-refractivity contribution in [2.24, 2.45) is 0 Å². The summed E-state index contributed by atoms with van der Waals surface area (Å²) in [4.78, 5) is 38.7. The first-order valence-electron chi connectivity index (χ1n) is 25.2. The van der Waals surface area contributed by atoms with Crippen LogP contribution in [0.25, 0.3) is 0 Å². The molecular weight excluding hydrogens is 661 g/mol. The summed E-state index contributed by atoms with van der Waals surface area (Å²) in [5, 5.41) is 0. The van der Waals surface area contributed by atoms with Crippen LogP contribution in [-0.2, 0) is 28.6 Å². The Morgan fingerprint density at radius 2 is 0.679 bits per heavy atom. The molecule has 0 heterocycles. The highest BCUT2D eigenvalue weighted by Crippen LogP contribution is 2.15. The highest BCUT2D eigenvalue weighted by atomic mass is 16.6. The maximum atomic E-state index is 13.0. The Balaban J connectivity index is 5.10. The van der Waals surface area contributed by atoms with Gasteiger partial charge in [-0.3, -0.25) is 14.4 Å². The van der Waals surface area contributed by atoms with Crippen molar-refractivity contribution in [3.63, 3.8) is 0 Å². The molecule has 0 aromatic heterocycles. The predicted octanol–water partition coefficient (Wildman–Crippen LogP) is 14.6. The summed E-state index contributed by atoms with van der Waals surface area (Å²) < 4.78 is 58.4. The third kappa shape index (κ3) is 41.2. The van der Waals surface area contributed by atoms with E-state index in [1.807, 2.05) is 0 Å². The monoisotopic (exact) mass is 754 g/mol. The molecule has 0 bridgehead atoms. The zero-order valence-electron chi connectivity index (χ0n) is 40.1. The summed E-state index contributed by atoms with van der Waals surface area (Å²) >= 11 is 0. The van der Waals surface area contributed by atoms with Gasteiger partial charge in [-0.05, 0) is 44.9 Å². The fourth-order valence-corrected chi connectivity index (χ4v) is 6.39. The zero-order valence-corrected chi connectivity index (χ0v) is 35.1. The molecule has 0 amide bonds. The first-order valence-corrected chi connectivity index (χ1v) is 22.7. The van der Waals surface area contributed by atoms with Crippen LogP contribution in [0.2, 0.25) is 0 Å². The summed E-state index contributed by atoms with van der Waals surface area (Å²) in [6, 6.07) is 0. The summed E-state index contributed by atoms with van der Waals surface area (Å²) in [6.07, 6.45) is 35.4. The Kier molecular flexibility index (Phi) is 34.2. The second-order valence-electron chi connectivity index (χ2n) is 15.2. The predicted molar refractivity (Wildman–Crippen MR) is 224 cm³/mol. The van der Waals surface area contributed by atoms with E-state index in [0.717, 1.165) is 83.5 Å². The molecule has 53 heavy (non-hydrogen) atoms. The molecular formula is C47H88O6. The van der Waals surface area contributed by atoms with Crippen LogP contribution in [0.15, 0.2) is 12.2 Å². The number of rotatable bonds is 42. The molecule has 0 radical (unpaired) electrons. The zero-order chi connectivity index (χ0) is 43.2. The average molecular weight is 754 g/mol. The number of hydrogen-bond donors (Lipinski definition) is 0. The van der Waals surface area contributed by atoms with Crippen molar-refractivity contribution in [3.05, 3.63) is 12.2 Å². The molecule has 0 aromatic carbocycles. The van der Waals surface area contributed by atoms with Gasteiger partial charge in [-0.1, -0.05) is 200 Å². The SMILES string of the molecule is [2H]C([2H])(OC(=O)CCCCCCCCCCCCC)C([2H])(OC(=O)CCCCCCC/C=C/CCCCCC)C([2H])([2H])OC(=O)CCCCCCCCCCCCC. The summed E-state index contributed by atoms with van der Waals surface area (Å²) in [6.45, 7) is -0.263. The molecule has 0 aliphatic heterocycles. The number of carbonyl (C=O) groups excluding carboxylic acids is 3. The lowest BCUT2D eigenvalue weighted by molar-refractivity contribution is -0.167. The smallest absolute Gasteiger partial charge is 0.306 e. The van der Waals surface area contributed by atoms with Crippen molar-refractivity contribution in [3.8, 4) is 0 Å². The van der Waals surface area contributed by atoms with E-state index in [1.165, 1.54) is 103 Å². The van der Waals surface area contributed by atoms with Gasteiger partial charge in [-0.15, -0.1) is 0 Å². The third-order valence-electron chi connectivity index (χ3n) is 9.84. The van der Waals surface area contributed by atoms with Gasteiger partial charge in [0.05, 0.1) is 6.85 Å². The lowest BCUT2D eigenvalue weighted by Gasteiger charge is -2.18. The number of hydrogen-bond acceptors (Lipinski definition) is 6. The van der Waals surface area contributed by atoms with Crippen LogP contribution in [0.5, 0.6) is 0 Å². The molecule has 0 aromatic rings. The van der Waals surface area contributed by atoms with E-state index >= 15 is 0 Å². The van der Waals surface area contributed by atoms with E-state index in [1.54, 1.807) is 0 Å². The molecule has 0 spiro atoms. The minimum Gasteiger partial charge on any atom is -0.462 e. The molecule has 6 heteroatoms. The highest BCUT2D eigenvalue weighted by molar-refractivity contribution is 5.71. The van der Waals surface area contributed by atoms with E-state index in [2.05, 4.69) is 32.9 Å². The molecule has 0 aliphatic carbocycles. The maximum absolute atomic E-state index is 13.0. The van der Waals surface area contributed by atoms with Crippen LogP contribution in [0.3, 0.4) is 0 Å². The fraction of sp³-hybridized carbons (Fsp3) is 0.894. The number of unbranched alkanes of at least 4 members (excludes halogenated alkanes) is 29. The normalized spacial score (nSPS) is 13.6. The highest BCUT2D eigenvalue weighted by Gasteiger charge is 2.19. The molecule has 6 nitrogen and oxygen atoms in total. The van der Waals surface area contributed by atoms with Crippen LogP contribution in [-0.4, -0.2) is 37.1 Å². The second kappa shape index (κ2) is 42.9. The van der Waals surface area contributed by atoms with Crippen LogP contribution >= 0.6 is 0 Å². The Morgan fingerprint density at radius 3 is 1.02 bits per heavy atom. The molecule has 0 N–H and O–H groups in total. The third-order valence-corrected chi connectivity index (χ3v) is 9.84. The van der Waals surface area contributed by atoms with Crippen LogP contribution in [0.1, 0.15) is 259 Å². The molecule has 0 atom stereocenters. The Labute approximate surface area is 336 Å². The van der Waals surface area contributed by atoms with E-state index in [9.17, 15) is 14.4 Å². The molecule has 0 rings (SSSR count). The standard InChI is InChI=1S/C47H88O6/c1-4-7-10-13-16-19-22-23-26-29-32-35-38-41-47(50)53-44(42-51-45(48)39-36-33-30-27-24-20-17-14-11-8-5-2)43-52-46(49)40-37-34-31-28-25-21-18-15-12-9-6-3/h19,22,44H,4-18,20-21,23-43H2,1-3H3/b22-19+/i42D2,43D2,44D. The van der Waals surface area contributed by atoms with Crippen molar-refractivity contribution in [1.29, 1.82) is 0 Å². The van der Waals surface area contributed by atoms with Crippen LogP contribution in [0.4, 0.5) is 0 Å². The van der Waals surface area contributed by atoms with Gasteiger partial charge in [0.25, 0.3) is 0 Å². The van der Waals surface area contributed by atoms with Gasteiger partial charge in [0.1, 0.15) is 13.1 Å². The Morgan fingerprint density at radius 1 is 0.415 bits per heavy atom. The lowest BCUT2D eigenvalue weighted by atomic mass is 10.1. The largest absolute Gasteiger partial charge is 0.462 e. The maximum Gasteiger partial charge on any atom is 0.306 e. The number of allylic oxidation sites excluding steroid dienone is 2. The average Bonchev–Trinajstić information content (AvgIpc) is 3.17. The van der Waals surface area contributed by atoms with E-state index < -0.39 is 37.1 Å². The van der Waals surface area contributed by atoms with Gasteiger partial charge in [-0.2, -0.15) is 0 Å². The molecule has 0 saturated carbocycles. The van der Waals surface area contributed by atoms with E-state index in [4.69, 9.17) is 21.1 Å². The summed E-state index contributed by atoms with van der Waals surface area (Å²) in [5.41, 5.74) is 0. The number of ether oxygens (including phenoxy) is 3. The van der Waals surface area contributed by atoms with Crippen LogP contribution in [0, 0.1) is 0 Å². The number of carbonyl (C=O) groups is 3. The van der Waals surface area contributed by atoms with Crippen LogP contribution < -0.4 is 0 Å². The second-order valence-corrected chi connectivity index (χ2v) is 15.2. The lowest BCUT2D eigenvalue weighted by Crippen LogP contribution is -2.30. The van der Waals surface area contributed by atoms with E-state index in [0.29, 0.717) is 25.7 Å². The molecule has 312 valence electrons. The topological polar surface area (TPSA) is 78.9 Å². The molecule has 0 saturated heterocycles. The van der Waals surface area contributed by atoms with Gasteiger partial charge in [-0.25, -0.2) is 0 Å².